The summed E-state index contributed by atoms with van der Waals surface area (Å²) < 4.78 is 33.6. The zero-order chi connectivity index (χ0) is 26.3. The van der Waals surface area contributed by atoms with Gasteiger partial charge in [-0.25, -0.2) is 27.3 Å². The quantitative estimate of drug-likeness (QED) is 0.391. The van der Waals surface area contributed by atoms with Gasteiger partial charge in [0.2, 0.25) is 10.0 Å². The summed E-state index contributed by atoms with van der Waals surface area (Å²) in [5.41, 5.74) is 2.68. The molecule has 11 nitrogen and oxygen atoms in total. The monoisotopic (exact) mass is 506 g/mol. The number of benzene rings is 2. The minimum absolute atomic E-state index is 0.0703. The number of carboxylic acids is 2. The third kappa shape index (κ3) is 6.56. The highest BCUT2D eigenvalue weighted by molar-refractivity contribution is 7.89. The number of para-hydroxylation sites is 1. The second kappa shape index (κ2) is 11.8. The highest BCUT2D eigenvalue weighted by atomic mass is 32.2. The summed E-state index contributed by atoms with van der Waals surface area (Å²) in [4.78, 5) is 23.2. The van der Waals surface area contributed by atoms with E-state index < -0.39 is 22.0 Å². The highest BCUT2D eigenvalue weighted by Gasteiger charge is 2.20. The molecule has 0 aliphatic rings. The topological polar surface area (TPSA) is 151 Å². The number of aryl methyl sites for hydroxylation is 1. The molecule has 3 aromatic rings. The van der Waals surface area contributed by atoms with Crippen LogP contribution in [0.1, 0.15) is 31.3 Å². The van der Waals surface area contributed by atoms with Crippen molar-refractivity contribution in [1.29, 1.82) is 0 Å². The molecule has 0 radical (unpaired) electrons. The molecular weight excluding hydrogens is 476 g/mol. The van der Waals surface area contributed by atoms with Crippen molar-refractivity contribution in [3.05, 3.63) is 53.9 Å². The maximum Gasteiger partial charge on any atom is 0.414 e. The van der Waals surface area contributed by atoms with Crippen LogP contribution in [-0.4, -0.2) is 65.6 Å². The number of aromatic nitrogens is 2. The number of nitrogens with zero attached hydrogens (tertiary/aromatic N) is 3. The van der Waals surface area contributed by atoms with Gasteiger partial charge in [0.15, 0.2) is 0 Å². The summed E-state index contributed by atoms with van der Waals surface area (Å²) in [6.07, 6.45) is 0. The molecular formula is C23H30N4O7S. The van der Waals surface area contributed by atoms with Crippen LogP contribution in [0, 0.1) is 0 Å². The molecule has 0 amide bonds. The molecule has 1 unspecified atom stereocenters. The fourth-order valence-electron chi connectivity index (χ4n) is 3.40. The number of aliphatic carboxylic acids is 2. The number of carboxylic acid groups (broad SMARTS) is 2. The predicted octanol–water partition coefficient (Wildman–Crippen LogP) is 2.32. The summed E-state index contributed by atoms with van der Waals surface area (Å²) in [6, 6.07) is 13.1. The molecule has 1 aromatic heterocycles. The van der Waals surface area contributed by atoms with E-state index in [0.717, 1.165) is 29.2 Å². The number of hydrogen-bond donors (Lipinski definition) is 3. The van der Waals surface area contributed by atoms with Gasteiger partial charge in [0.1, 0.15) is 11.6 Å². The van der Waals surface area contributed by atoms with Gasteiger partial charge in [-0.15, -0.1) is 0 Å². The van der Waals surface area contributed by atoms with E-state index in [1.54, 1.807) is 19.2 Å². The largest absolute Gasteiger partial charge is 0.496 e. The Bertz CT molecular complexity index is 1290. The lowest BCUT2D eigenvalue weighted by Gasteiger charge is -2.17. The maximum absolute atomic E-state index is 12.4. The minimum Gasteiger partial charge on any atom is -0.496 e. The van der Waals surface area contributed by atoms with E-state index in [-0.39, 0.29) is 10.9 Å². The molecule has 0 spiro atoms. The summed E-state index contributed by atoms with van der Waals surface area (Å²) in [5, 5.41) is 18.3. The molecule has 0 saturated carbocycles. The molecule has 35 heavy (non-hydrogen) atoms. The van der Waals surface area contributed by atoms with E-state index in [0.29, 0.717) is 12.1 Å². The van der Waals surface area contributed by atoms with E-state index in [1.807, 2.05) is 30.3 Å². The van der Waals surface area contributed by atoms with Crippen molar-refractivity contribution in [3.8, 4) is 5.75 Å². The van der Waals surface area contributed by atoms with Crippen molar-refractivity contribution in [2.75, 3.05) is 21.2 Å². The van der Waals surface area contributed by atoms with Gasteiger partial charge in [-0.05, 0) is 38.1 Å². The van der Waals surface area contributed by atoms with Crippen LogP contribution in [0.15, 0.2) is 47.4 Å². The number of carbonyl (C=O) groups is 2. The summed E-state index contributed by atoms with van der Waals surface area (Å²) in [7, 11) is 1.23. The number of rotatable bonds is 8. The smallest absolute Gasteiger partial charge is 0.414 e. The number of sulfonamides is 1. The fourth-order valence-corrected chi connectivity index (χ4v) is 4.32. The third-order valence-electron chi connectivity index (χ3n) is 5.25. The number of hydrogen-bond acceptors (Lipinski definition) is 7. The SMILES string of the molecule is CCn1c(CNC(C)c2ccccc2OC)nc2cc(S(=O)(=O)N(C)C)ccc21.O=C(O)C(=O)O. The zero-order valence-corrected chi connectivity index (χ0v) is 21.0. The van der Waals surface area contributed by atoms with E-state index >= 15 is 0 Å². The Morgan fingerprint density at radius 2 is 1.77 bits per heavy atom. The van der Waals surface area contributed by atoms with E-state index in [1.165, 1.54) is 18.4 Å². The first-order chi connectivity index (χ1) is 16.4. The van der Waals surface area contributed by atoms with Crippen molar-refractivity contribution in [3.63, 3.8) is 0 Å². The lowest BCUT2D eigenvalue weighted by Crippen LogP contribution is -2.22. The molecule has 0 bridgehead atoms. The first-order valence-electron chi connectivity index (χ1n) is 10.7. The van der Waals surface area contributed by atoms with Crippen molar-refractivity contribution < 1.29 is 33.0 Å². The molecule has 3 rings (SSSR count). The Morgan fingerprint density at radius 3 is 2.31 bits per heavy atom. The van der Waals surface area contributed by atoms with E-state index in [2.05, 4.69) is 23.7 Å². The molecule has 12 heteroatoms. The lowest BCUT2D eigenvalue weighted by atomic mass is 10.1. The minimum atomic E-state index is -3.49. The average Bonchev–Trinajstić information content (AvgIpc) is 3.19. The molecule has 2 aromatic carbocycles. The van der Waals surface area contributed by atoms with Gasteiger partial charge in [-0.3, -0.25) is 0 Å². The van der Waals surface area contributed by atoms with Crippen LogP contribution in [0.4, 0.5) is 0 Å². The van der Waals surface area contributed by atoms with Gasteiger partial charge < -0.3 is 24.8 Å². The number of imidazole rings is 1. The van der Waals surface area contributed by atoms with E-state index in [4.69, 9.17) is 29.5 Å². The van der Waals surface area contributed by atoms with E-state index in [9.17, 15) is 8.42 Å². The standard InChI is InChI=1S/C21H28N4O3S.C2H2O4/c1-6-25-19-12-11-16(29(26,27)24(3)4)13-18(19)23-21(25)14-22-15(2)17-9-7-8-10-20(17)28-5;3-1(4)2(5)6/h7-13,15,22H,6,14H2,1-5H3;(H,3,4)(H,5,6). The van der Waals surface area contributed by atoms with Crippen LogP contribution in [-0.2, 0) is 32.7 Å². The van der Waals surface area contributed by atoms with Gasteiger partial charge in [0.25, 0.3) is 0 Å². The Balaban J connectivity index is 0.000000641. The second-order valence-electron chi connectivity index (χ2n) is 7.67. The van der Waals surface area contributed by atoms with Crippen molar-refractivity contribution >= 4 is 33.0 Å². The van der Waals surface area contributed by atoms with Crippen LogP contribution in [0.3, 0.4) is 0 Å². The average molecular weight is 507 g/mol. The summed E-state index contributed by atoms with van der Waals surface area (Å²) in [5.74, 6) is -1.94. The van der Waals surface area contributed by atoms with Gasteiger partial charge in [-0.1, -0.05) is 18.2 Å². The number of methoxy groups -OCH3 is 1. The first-order valence-corrected chi connectivity index (χ1v) is 12.1. The van der Waals surface area contributed by atoms with Gasteiger partial charge in [0, 0.05) is 32.2 Å². The molecule has 0 aliphatic heterocycles. The molecule has 1 heterocycles. The lowest BCUT2D eigenvalue weighted by molar-refractivity contribution is -0.159. The fraction of sp³-hybridized carbons (Fsp3) is 0.348. The number of ether oxygens (including phenoxy) is 1. The van der Waals surface area contributed by atoms with Gasteiger partial charge in [0.05, 0.1) is 29.6 Å². The van der Waals surface area contributed by atoms with Crippen LogP contribution in [0.25, 0.3) is 11.0 Å². The molecule has 3 N–H and O–H groups in total. The second-order valence-corrected chi connectivity index (χ2v) is 9.82. The van der Waals surface area contributed by atoms with Crippen LogP contribution < -0.4 is 10.1 Å². The Kier molecular flexibility index (Phi) is 9.34. The van der Waals surface area contributed by atoms with Crippen molar-refractivity contribution in [1.82, 2.24) is 19.2 Å². The molecule has 190 valence electrons. The van der Waals surface area contributed by atoms with Gasteiger partial charge >= 0.3 is 11.9 Å². The third-order valence-corrected chi connectivity index (χ3v) is 7.06. The van der Waals surface area contributed by atoms with Crippen LogP contribution in [0.2, 0.25) is 0 Å². The maximum atomic E-state index is 12.4. The molecule has 0 fully saturated rings. The highest BCUT2D eigenvalue weighted by Crippen LogP contribution is 2.26. The van der Waals surface area contributed by atoms with Crippen molar-refractivity contribution in [2.45, 2.75) is 37.9 Å². The normalized spacial score (nSPS) is 12.2. The summed E-state index contributed by atoms with van der Waals surface area (Å²) >= 11 is 0. The molecule has 0 aliphatic carbocycles. The summed E-state index contributed by atoms with van der Waals surface area (Å²) in [6.45, 7) is 5.44. The van der Waals surface area contributed by atoms with Crippen molar-refractivity contribution in [2.24, 2.45) is 0 Å². The number of nitrogens with one attached hydrogen (secondary N) is 1. The Labute approximate surface area is 204 Å². The molecule has 1 atom stereocenters. The zero-order valence-electron chi connectivity index (χ0n) is 20.2. The van der Waals surface area contributed by atoms with Crippen LogP contribution >= 0.6 is 0 Å². The Hall–Kier alpha value is -3.48. The predicted molar refractivity (Wildman–Crippen MR) is 130 cm³/mol. The number of fused-ring (bicyclic) bond motifs is 1. The molecule has 0 saturated heterocycles. The first kappa shape index (κ1) is 27.8. The van der Waals surface area contributed by atoms with Crippen LogP contribution in [0.5, 0.6) is 5.75 Å². The Morgan fingerprint density at radius 1 is 1.14 bits per heavy atom. The van der Waals surface area contributed by atoms with Gasteiger partial charge in [-0.2, -0.15) is 0 Å².